The molecule has 1 heterocycles. The number of carbonyl (C=O) groups is 2. The predicted octanol–water partition coefficient (Wildman–Crippen LogP) is 5.62. The summed E-state index contributed by atoms with van der Waals surface area (Å²) in [6.07, 6.45) is 1.68. The number of ether oxygens (including phenoxy) is 3. The fourth-order valence-electron chi connectivity index (χ4n) is 3.10. The van der Waals surface area contributed by atoms with Crippen LogP contribution in [0.4, 0.5) is 0 Å². The molecule has 3 aromatic carbocycles. The van der Waals surface area contributed by atoms with Gasteiger partial charge in [-0.2, -0.15) is 0 Å². The van der Waals surface area contributed by atoms with Gasteiger partial charge in [0.05, 0.1) is 12.2 Å². The average molecular weight is 435 g/mol. The molecule has 1 aliphatic heterocycles. The summed E-state index contributed by atoms with van der Waals surface area (Å²) in [7, 11) is 0. The maximum atomic E-state index is 12.6. The monoisotopic (exact) mass is 434 g/mol. The van der Waals surface area contributed by atoms with Crippen molar-refractivity contribution < 1.29 is 23.8 Å². The summed E-state index contributed by atoms with van der Waals surface area (Å²) in [5.41, 5.74) is 1.79. The lowest BCUT2D eigenvalue weighted by atomic mass is 10.1. The maximum Gasteiger partial charge on any atom is 0.231 e. The first-order chi connectivity index (χ1) is 15.0. The first-order valence-corrected chi connectivity index (χ1v) is 10.1. The van der Waals surface area contributed by atoms with Crippen molar-refractivity contribution in [2.45, 2.75) is 6.92 Å². The number of halogens is 1. The van der Waals surface area contributed by atoms with Crippen LogP contribution in [0.1, 0.15) is 33.2 Å². The number of ketones is 2. The Labute approximate surface area is 184 Å². The highest BCUT2D eigenvalue weighted by Crippen LogP contribution is 2.35. The van der Waals surface area contributed by atoms with Gasteiger partial charge in [0.2, 0.25) is 5.78 Å². The van der Waals surface area contributed by atoms with E-state index in [9.17, 15) is 9.59 Å². The summed E-state index contributed by atoms with van der Waals surface area (Å²) in [5.74, 6) is 1.46. The van der Waals surface area contributed by atoms with Gasteiger partial charge < -0.3 is 14.2 Å². The van der Waals surface area contributed by atoms with E-state index in [1.54, 1.807) is 48.5 Å². The van der Waals surface area contributed by atoms with Crippen LogP contribution in [0, 0.1) is 0 Å². The van der Waals surface area contributed by atoms with Crippen LogP contribution in [0.15, 0.2) is 72.5 Å². The highest BCUT2D eigenvalue weighted by atomic mass is 35.5. The minimum absolute atomic E-state index is 0.136. The molecule has 0 atom stereocenters. The zero-order valence-electron chi connectivity index (χ0n) is 16.8. The molecule has 0 fully saturated rings. The van der Waals surface area contributed by atoms with Gasteiger partial charge in [-0.05, 0) is 67.1 Å². The van der Waals surface area contributed by atoms with Gasteiger partial charge in [-0.25, -0.2) is 0 Å². The number of rotatable bonds is 7. The minimum Gasteiger partial charge on any atom is -0.494 e. The zero-order chi connectivity index (χ0) is 21.8. The molecule has 31 heavy (non-hydrogen) atoms. The van der Waals surface area contributed by atoms with Crippen LogP contribution in [0.2, 0.25) is 5.02 Å². The molecule has 3 aromatic rings. The smallest absolute Gasteiger partial charge is 0.231 e. The first-order valence-electron chi connectivity index (χ1n) is 9.76. The highest BCUT2D eigenvalue weighted by Gasteiger charge is 2.27. The van der Waals surface area contributed by atoms with Gasteiger partial charge in [0.25, 0.3) is 0 Å². The van der Waals surface area contributed by atoms with Crippen molar-refractivity contribution in [3.05, 3.63) is 94.2 Å². The molecule has 0 radical (unpaired) electrons. The van der Waals surface area contributed by atoms with Crippen LogP contribution >= 0.6 is 11.6 Å². The summed E-state index contributed by atoms with van der Waals surface area (Å²) in [6, 6.07) is 18.9. The Morgan fingerprint density at radius 3 is 2.39 bits per heavy atom. The Bertz CT molecular complexity index is 1150. The van der Waals surface area contributed by atoms with Crippen LogP contribution in [-0.2, 0) is 0 Å². The fourth-order valence-corrected chi connectivity index (χ4v) is 3.23. The van der Waals surface area contributed by atoms with E-state index in [1.807, 2.05) is 31.2 Å². The van der Waals surface area contributed by atoms with E-state index < -0.39 is 0 Å². The van der Waals surface area contributed by atoms with E-state index in [-0.39, 0.29) is 23.9 Å². The quantitative estimate of drug-likeness (QED) is 0.357. The number of allylic oxidation sites excluding steroid dienone is 1. The SMILES string of the molecule is CCOc1ccc(/C=C2\Oc3cc(OCC(=O)c4ccc(Cl)cc4)ccc3C2=O)cc1. The largest absolute Gasteiger partial charge is 0.494 e. The highest BCUT2D eigenvalue weighted by molar-refractivity contribution is 6.30. The van der Waals surface area contributed by atoms with E-state index >= 15 is 0 Å². The molecular weight excluding hydrogens is 416 g/mol. The van der Waals surface area contributed by atoms with Gasteiger partial charge in [-0.1, -0.05) is 23.7 Å². The molecule has 0 spiro atoms. The van der Waals surface area contributed by atoms with Crippen LogP contribution in [0.5, 0.6) is 17.2 Å². The molecule has 156 valence electrons. The molecule has 4 rings (SSSR count). The van der Waals surface area contributed by atoms with Gasteiger partial charge in [-0.15, -0.1) is 0 Å². The van der Waals surface area contributed by atoms with Crippen molar-refractivity contribution in [1.82, 2.24) is 0 Å². The second-order valence-electron chi connectivity index (χ2n) is 6.82. The molecule has 0 N–H and O–H groups in total. The predicted molar refractivity (Wildman–Crippen MR) is 118 cm³/mol. The number of hydrogen-bond donors (Lipinski definition) is 0. The summed E-state index contributed by atoms with van der Waals surface area (Å²) in [4.78, 5) is 24.9. The Morgan fingerprint density at radius 2 is 1.68 bits per heavy atom. The van der Waals surface area contributed by atoms with Crippen LogP contribution in [-0.4, -0.2) is 24.8 Å². The molecule has 0 bridgehead atoms. The summed E-state index contributed by atoms with van der Waals surface area (Å²) >= 11 is 5.84. The molecule has 6 heteroatoms. The van der Waals surface area contributed by atoms with Gasteiger partial charge in [-0.3, -0.25) is 9.59 Å². The van der Waals surface area contributed by atoms with E-state index in [0.717, 1.165) is 11.3 Å². The molecular formula is C25H19ClO5. The molecule has 0 aromatic heterocycles. The number of carbonyl (C=O) groups excluding carboxylic acids is 2. The third-order valence-corrected chi connectivity index (χ3v) is 4.92. The Morgan fingerprint density at radius 1 is 0.968 bits per heavy atom. The zero-order valence-corrected chi connectivity index (χ0v) is 17.5. The van der Waals surface area contributed by atoms with Crippen molar-refractivity contribution in [2.24, 2.45) is 0 Å². The third kappa shape index (κ3) is 4.78. The fraction of sp³-hybridized carbons (Fsp3) is 0.120. The molecule has 0 unspecified atom stereocenters. The lowest BCUT2D eigenvalue weighted by Crippen LogP contribution is -2.11. The second kappa shape index (κ2) is 9.06. The second-order valence-corrected chi connectivity index (χ2v) is 7.25. The van der Waals surface area contributed by atoms with Crippen LogP contribution in [0.25, 0.3) is 6.08 Å². The average Bonchev–Trinajstić information content (AvgIpc) is 3.08. The lowest BCUT2D eigenvalue weighted by Gasteiger charge is -2.07. The molecule has 0 aliphatic carbocycles. The van der Waals surface area contributed by atoms with Crippen molar-refractivity contribution in [3.63, 3.8) is 0 Å². The number of Topliss-reactive ketones (excluding diaryl/α,β-unsaturated/α-hetero) is 2. The standard InChI is InChI=1S/C25H19ClO5/c1-2-29-19-9-3-16(4-10-19)13-24-25(28)21-12-11-20(14-23(21)31-24)30-15-22(27)17-5-7-18(26)8-6-17/h3-14H,2,15H2,1H3/b24-13-. The topological polar surface area (TPSA) is 61.8 Å². The Balaban J connectivity index is 1.44. The van der Waals surface area contributed by atoms with Crippen molar-refractivity contribution in [1.29, 1.82) is 0 Å². The van der Waals surface area contributed by atoms with Crippen LogP contribution in [0.3, 0.4) is 0 Å². The molecule has 1 aliphatic rings. The van der Waals surface area contributed by atoms with Crippen LogP contribution < -0.4 is 14.2 Å². The number of benzene rings is 3. The normalized spacial score (nSPS) is 13.6. The molecule has 0 saturated heterocycles. The van der Waals surface area contributed by atoms with Gasteiger partial charge in [0.1, 0.15) is 17.2 Å². The van der Waals surface area contributed by atoms with E-state index in [4.69, 9.17) is 25.8 Å². The van der Waals surface area contributed by atoms with E-state index in [0.29, 0.717) is 34.3 Å². The van der Waals surface area contributed by atoms with Gasteiger partial charge in [0, 0.05) is 16.7 Å². The summed E-state index contributed by atoms with van der Waals surface area (Å²) in [5, 5.41) is 0.562. The first kappa shape index (κ1) is 20.7. The minimum atomic E-state index is -0.201. The van der Waals surface area contributed by atoms with E-state index in [2.05, 4.69) is 0 Å². The van der Waals surface area contributed by atoms with Gasteiger partial charge in [0.15, 0.2) is 18.1 Å². The maximum absolute atomic E-state index is 12.6. The van der Waals surface area contributed by atoms with E-state index in [1.165, 1.54) is 0 Å². The summed E-state index contributed by atoms with van der Waals surface area (Å²) < 4.78 is 16.8. The number of hydrogen-bond acceptors (Lipinski definition) is 5. The Hall–Kier alpha value is -3.57. The van der Waals surface area contributed by atoms with Crippen molar-refractivity contribution >= 4 is 29.2 Å². The van der Waals surface area contributed by atoms with Crippen molar-refractivity contribution in [2.75, 3.05) is 13.2 Å². The van der Waals surface area contributed by atoms with Crippen molar-refractivity contribution in [3.8, 4) is 17.2 Å². The molecule has 0 amide bonds. The van der Waals surface area contributed by atoms with Gasteiger partial charge >= 0.3 is 0 Å². The summed E-state index contributed by atoms with van der Waals surface area (Å²) in [6.45, 7) is 2.37. The molecule has 5 nitrogen and oxygen atoms in total. The Kier molecular flexibility index (Phi) is 6.05. The lowest BCUT2D eigenvalue weighted by molar-refractivity contribution is 0.0921. The number of fused-ring (bicyclic) bond motifs is 1. The molecule has 0 saturated carbocycles. The third-order valence-electron chi connectivity index (χ3n) is 4.67.